The number of aryl methyl sites for hydroxylation is 2. The molecule has 0 aliphatic carbocycles. The minimum absolute atomic E-state index is 0.00646. The Bertz CT molecular complexity index is 662. The van der Waals surface area contributed by atoms with Crippen molar-refractivity contribution in [3.05, 3.63) is 70.0 Å². The summed E-state index contributed by atoms with van der Waals surface area (Å²) in [7, 11) is 0. The first-order valence-electron chi connectivity index (χ1n) is 6.32. The summed E-state index contributed by atoms with van der Waals surface area (Å²) in [4.78, 5) is 0. The maximum Gasteiger partial charge on any atom is 0.419 e. The summed E-state index contributed by atoms with van der Waals surface area (Å²) in [6.45, 7) is 3.74. The van der Waals surface area contributed by atoms with Gasteiger partial charge in [-0.05, 0) is 48.2 Å². The molecule has 1 nitrogen and oxygen atoms in total. The van der Waals surface area contributed by atoms with E-state index in [1.54, 1.807) is 18.2 Å². The highest BCUT2D eigenvalue weighted by molar-refractivity contribution is 5.38. The van der Waals surface area contributed by atoms with E-state index in [1.165, 1.54) is 0 Å². The van der Waals surface area contributed by atoms with Crippen molar-refractivity contribution in [2.45, 2.75) is 26.1 Å². The van der Waals surface area contributed by atoms with Gasteiger partial charge >= 0.3 is 6.18 Å². The molecule has 0 heterocycles. The van der Waals surface area contributed by atoms with Crippen molar-refractivity contribution in [2.75, 3.05) is 0 Å². The highest BCUT2D eigenvalue weighted by atomic mass is 19.4. The number of aliphatic hydroxyl groups excluding tert-OH is 1. The Morgan fingerprint density at radius 3 is 2.05 bits per heavy atom. The lowest BCUT2D eigenvalue weighted by molar-refractivity contribution is -0.140. The second-order valence-corrected chi connectivity index (χ2v) is 4.98. The molecule has 2 aromatic rings. The molecule has 0 aliphatic rings. The molecule has 112 valence electrons. The van der Waals surface area contributed by atoms with Crippen molar-refractivity contribution in [1.82, 2.24) is 0 Å². The van der Waals surface area contributed by atoms with Crippen LogP contribution in [0, 0.1) is 19.7 Å². The molecule has 0 aromatic heterocycles. The summed E-state index contributed by atoms with van der Waals surface area (Å²) < 4.78 is 51.3. The Labute approximate surface area is 119 Å². The van der Waals surface area contributed by atoms with E-state index in [4.69, 9.17) is 0 Å². The van der Waals surface area contributed by atoms with Gasteiger partial charge in [0.05, 0.1) is 5.56 Å². The molecule has 0 fully saturated rings. The first-order valence-corrected chi connectivity index (χ1v) is 6.32. The molecule has 1 atom stereocenters. The van der Waals surface area contributed by atoms with Crippen LogP contribution < -0.4 is 0 Å². The van der Waals surface area contributed by atoms with Crippen molar-refractivity contribution < 1.29 is 22.7 Å². The van der Waals surface area contributed by atoms with Gasteiger partial charge in [-0.2, -0.15) is 13.2 Å². The topological polar surface area (TPSA) is 20.2 Å². The maximum absolute atomic E-state index is 13.2. The average molecular weight is 298 g/mol. The number of benzene rings is 2. The van der Waals surface area contributed by atoms with E-state index in [9.17, 15) is 22.7 Å². The second-order valence-electron chi connectivity index (χ2n) is 4.98. The molecule has 0 radical (unpaired) electrons. The standard InChI is InChI=1S/C16H14F4O/c1-9-3-4-11(7-10(9)2)15(21)12-5-6-14(17)13(8-12)16(18,19)20/h3-8,15,21H,1-2H3. The summed E-state index contributed by atoms with van der Waals surface area (Å²) in [6, 6.07) is 7.66. The lowest BCUT2D eigenvalue weighted by Gasteiger charge is -2.16. The average Bonchev–Trinajstić information content (AvgIpc) is 2.40. The van der Waals surface area contributed by atoms with Gasteiger partial charge in [-0.3, -0.25) is 0 Å². The lowest BCUT2D eigenvalue weighted by Crippen LogP contribution is -2.10. The van der Waals surface area contributed by atoms with E-state index >= 15 is 0 Å². The number of alkyl halides is 3. The van der Waals surface area contributed by atoms with Gasteiger partial charge in [0, 0.05) is 0 Å². The largest absolute Gasteiger partial charge is 0.419 e. The summed E-state index contributed by atoms with van der Waals surface area (Å²) in [5, 5.41) is 10.2. The van der Waals surface area contributed by atoms with Gasteiger partial charge in [0.2, 0.25) is 0 Å². The van der Waals surface area contributed by atoms with E-state index in [0.29, 0.717) is 11.6 Å². The van der Waals surface area contributed by atoms with Crippen molar-refractivity contribution in [2.24, 2.45) is 0 Å². The van der Waals surface area contributed by atoms with E-state index in [-0.39, 0.29) is 5.56 Å². The fourth-order valence-corrected chi connectivity index (χ4v) is 2.06. The zero-order valence-corrected chi connectivity index (χ0v) is 11.5. The third kappa shape index (κ3) is 3.24. The Kier molecular flexibility index (Phi) is 4.05. The van der Waals surface area contributed by atoms with Gasteiger partial charge in [-0.1, -0.05) is 24.3 Å². The minimum Gasteiger partial charge on any atom is -0.384 e. The van der Waals surface area contributed by atoms with Gasteiger partial charge in [-0.25, -0.2) is 4.39 Å². The number of aliphatic hydroxyl groups is 1. The molecule has 1 unspecified atom stereocenters. The van der Waals surface area contributed by atoms with E-state index in [1.807, 2.05) is 13.8 Å². The van der Waals surface area contributed by atoms with Gasteiger partial charge in [0.25, 0.3) is 0 Å². The first kappa shape index (κ1) is 15.5. The third-order valence-electron chi connectivity index (χ3n) is 3.46. The first-order chi connectivity index (χ1) is 9.70. The van der Waals surface area contributed by atoms with Crippen LogP contribution in [0.25, 0.3) is 0 Å². The summed E-state index contributed by atoms with van der Waals surface area (Å²) >= 11 is 0. The minimum atomic E-state index is -4.79. The van der Waals surface area contributed by atoms with Gasteiger partial charge in [-0.15, -0.1) is 0 Å². The van der Waals surface area contributed by atoms with E-state index in [0.717, 1.165) is 23.3 Å². The lowest BCUT2D eigenvalue weighted by atomic mass is 9.96. The van der Waals surface area contributed by atoms with Crippen molar-refractivity contribution in [3.8, 4) is 0 Å². The zero-order chi connectivity index (χ0) is 15.8. The summed E-state index contributed by atoms with van der Waals surface area (Å²) in [5.41, 5.74) is 1.04. The molecular formula is C16H14F4O. The van der Waals surface area contributed by atoms with Crippen LogP contribution in [0.2, 0.25) is 0 Å². The Morgan fingerprint density at radius 2 is 1.48 bits per heavy atom. The molecule has 21 heavy (non-hydrogen) atoms. The van der Waals surface area contributed by atoms with Crippen molar-refractivity contribution in [1.29, 1.82) is 0 Å². The normalized spacial score (nSPS) is 13.3. The van der Waals surface area contributed by atoms with Crippen LogP contribution >= 0.6 is 0 Å². The van der Waals surface area contributed by atoms with Crippen LogP contribution in [-0.2, 0) is 6.18 Å². The highest BCUT2D eigenvalue weighted by Gasteiger charge is 2.34. The Balaban J connectivity index is 2.44. The number of hydrogen-bond acceptors (Lipinski definition) is 1. The molecular weight excluding hydrogens is 284 g/mol. The SMILES string of the molecule is Cc1ccc(C(O)c2ccc(F)c(C(F)(F)F)c2)cc1C. The molecule has 2 rings (SSSR count). The quantitative estimate of drug-likeness (QED) is 0.807. The summed E-state index contributed by atoms with van der Waals surface area (Å²) in [5.74, 6) is -1.35. The maximum atomic E-state index is 13.2. The molecule has 0 amide bonds. The molecule has 2 aromatic carbocycles. The van der Waals surface area contributed by atoms with Gasteiger partial charge in [0.15, 0.2) is 0 Å². The van der Waals surface area contributed by atoms with Crippen molar-refractivity contribution in [3.63, 3.8) is 0 Å². The number of rotatable bonds is 2. The second kappa shape index (κ2) is 5.48. The Morgan fingerprint density at radius 1 is 0.905 bits per heavy atom. The van der Waals surface area contributed by atoms with Crippen LogP contribution in [-0.4, -0.2) is 5.11 Å². The van der Waals surface area contributed by atoms with Gasteiger partial charge < -0.3 is 5.11 Å². The monoisotopic (exact) mass is 298 g/mol. The fourth-order valence-electron chi connectivity index (χ4n) is 2.06. The van der Waals surface area contributed by atoms with Crippen LogP contribution in [0.3, 0.4) is 0 Å². The van der Waals surface area contributed by atoms with Crippen LogP contribution in [0.4, 0.5) is 17.6 Å². The fraction of sp³-hybridized carbons (Fsp3) is 0.250. The molecule has 0 saturated heterocycles. The predicted molar refractivity (Wildman–Crippen MR) is 71.4 cm³/mol. The smallest absolute Gasteiger partial charge is 0.384 e. The Hall–Kier alpha value is -1.88. The predicted octanol–water partition coefficient (Wildman–Crippen LogP) is 4.54. The number of hydrogen-bond donors (Lipinski definition) is 1. The van der Waals surface area contributed by atoms with E-state index in [2.05, 4.69) is 0 Å². The highest BCUT2D eigenvalue weighted by Crippen LogP contribution is 2.34. The molecule has 1 N–H and O–H groups in total. The van der Waals surface area contributed by atoms with Crippen LogP contribution in [0.15, 0.2) is 36.4 Å². The molecule has 0 saturated carbocycles. The van der Waals surface area contributed by atoms with Crippen LogP contribution in [0.5, 0.6) is 0 Å². The zero-order valence-electron chi connectivity index (χ0n) is 11.5. The van der Waals surface area contributed by atoms with E-state index < -0.39 is 23.7 Å². The molecule has 0 spiro atoms. The summed E-state index contributed by atoms with van der Waals surface area (Å²) in [6.07, 6.45) is -6.02. The van der Waals surface area contributed by atoms with Crippen LogP contribution in [0.1, 0.15) is 33.9 Å². The van der Waals surface area contributed by atoms with Crippen molar-refractivity contribution >= 4 is 0 Å². The van der Waals surface area contributed by atoms with Gasteiger partial charge in [0.1, 0.15) is 11.9 Å². The number of halogens is 4. The molecule has 5 heteroatoms. The molecule has 0 bridgehead atoms. The third-order valence-corrected chi connectivity index (χ3v) is 3.46. The molecule has 0 aliphatic heterocycles.